The molecule has 27 heavy (non-hydrogen) atoms. The quantitative estimate of drug-likeness (QED) is 0.751. The van der Waals surface area contributed by atoms with E-state index in [9.17, 15) is 14.7 Å². The fourth-order valence-electron chi connectivity index (χ4n) is 3.34. The van der Waals surface area contributed by atoms with Gasteiger partial charge in [0.2, 0.25) is 0 Å². The Bertz CT molecular complexity index is 878. The molecule has 0 saturated heterocycles. The first-order valence-electron chi connectivity index (χ1n) is 8.80. The molecule has 0 unspecified atom stereocenters. The molecule has 0 bridgehead atoms. The molecular weight excluding hydrogens is 410 g/mol. The molecular formula is C21H22BrNO4. The van der Waals surface area contributed by atoms with Gasteiger partial charge in [-0.15, -0.1) is 0 Å². The first-order valence-corrected chi connectivity index (χ1v) is 9.59. The molecule has 5 nitrogen and oxygen atoms in total. The van der Waals surface area contributed by atoms with E-state index in [1.807, 2.05) is 44.2 Å². The van der Waals surface area contributed by atoms with Crippen LogP contribution in [0, 0.1) is 0 Å². The molecule has 0 radical (unpaired) electrons. The summed E-state index contributed by atoms with van der Waals surface area (Å²) in [6.45, 7) is 5.60. The highest BCUT2D eigenvalue weighted by Gasteiger charge is 2.50. The van der Waals surface area contributed by atoms with Crippen molar-refractivity contribution >= 4 is 33.3 Å². The maximum atomic E-state index is 13.0. The maximum absolute atomic E-state index is 13.0. The zero-order chi connectivity index (χ0) is 19.8. The van der Waals surface area contributed by atoms with Gasteiger partial charge in [-0.05, 0) is 56.7 Å². The highest BCUT2D eigenvalue weighted by molar-refractivity contribution is 9.10. The van der Waals surface area contributed by atoms with Crippen molar-refractivity contribution in [2.24, 2.45) is 0 Å². The van der Waals surface area contributed by atoms with Crippen LogP contribution in [-0.4, -0.2) is 22.9 Å². The minimum absolute atomic E-state index is 0.0860. The second kappa shape index (κ2) is 7.44. The average Bonchev–Trinajstić information content (AvgIpc) is 2.77. The van der Waals surface area contributed by atoms with E-state index < -0.39 is 11.5 Å². The molecule has 2 aromatic rings. The summed E-state index contributed by atoms with van der Waals surface area (Å²) in [4.78, 5) is 26.2. The summed E-state index contributed by atoms with van der Waals surface area (Å²) in [5.41, 5.74) is 0.151. The van der Waals surface area contributed by atoms with E-state index in [0.29, 0.717) is 17.8 Å². The van der Waals surface area contributed by atoms with Gasteiger partial charge in [0.1, 0.15) is 11.5 Å². The maximum Gasteiger partial charge on any atom is 0.264 e. The Labute approximate surface area is 167 Å². The van der Waals surface area contributed by atoms with E-state index in [-0.39, 0.29) is 18.3 Å². The highest BCUT2D eigenvalue weighted by Crippen LogP contribution is 2.44. The molecule has 1 heterocycles. The van der Waals surface area contributed by atoms with E-state index in [1.54, 1.807) is 12.1 Å². The van der Waals surface area contributed by atoms with Crippen molar-refractivity contribution in [2.45, 2.75) is 45.4 Å². The van der Waals surface area contributed by atoms with Crippen LogP contribution in [0.25, 0.3) is 0 Å². The van der Waals surface area contributed by atoms with E-state index in [0.717, 1.165) is 15.8 Å². The number of ketones is 1. The lowest BCUT2D eigenvalue weighted by atomic mass is 9.90. The van der Waals surface area contributed by atoms with Crippen LogP contribution in [0.1, 0.15) is 38.3 Å². The van der Waals surface area contributed by atoms with Gasteiger partial charge >= 0.3 is 0 Å². The SMILES string of the molecule is CC(=O)C[C@@]1(O)C(=O)N(Cc2ccc(OC(C)C)cc2)c2ccc(Br)cc21. The molecule has 3 rings (SSSR count). The lowest BCUT2D eigenvalue weighted by Gasteiger charge is -2.22. The Morgan fingerprint density at radius 1 is 1.22 bits per heavy atom. The van der Waals surface area contributed by atoms with Gasteiger partial charge < -0.3 is 14.7 Å². The normalized spacial score (nSPS) is 18.7. The Kier molecular flexibility index (Phi) is 5.40. The number of nitrogens with zero attached hydrogens (tertiary/aromatic N) is 1. The van der Waals surface area contributed by atoms with E-state index in [2.05, 4.69) is 15.9 Å². The van der Waals surface area contributed by atoms with Crippen molar-refractivity contribution in [3.8, 4) is 5.75 Å². The molecule has 2 aromatic carbocycles. The Balaban J connectivity index is 1.92. The molecule has 142 valence electrons. The van der Waals surface area contributed by atoms with Crippen LogP contribution in [0.4, 0.5) is 5.69 Å². The molecule has 0 spiro atoms. The predicted molar refractivity (Wildman–Crippen MR) is 107 cm³/mol. The molecule has 1 aliphatic heterocycles. The van der Waals surface area contributed by atoms with Gasteiger partial charge in [0.25, 0.3) is 5.91 Å². The number of carbonyl (C=O) groups is 2. The Hall–Kier alpha value is -2.18. The molecule has 0 aromatic heterocycles. The third-order valence-electron chi connectivity index (χ3n) is 4.43. The van der Waals surface area contributed by atoms with Crippen LogP contribution in [-0.2, 0) is 21.7 Å². The van der Waals surface area contributed by atoms with Crippen LogP contribution in [0.3, 0.4) is 0 Å². The Morgan fingerprint density at radius 2 is 1.89 bits per heavy atom. The zero-order valence-corrected chi connectivity index (χ0v) is 17.1. The van der Waals surface area contributed by atoms with Crippen LogP contribution < -0.4 is 9.64 Å². The number of aliphatic hydroxyl groups is 1. The van der Waals surface area contributed by atoms with Gasteiger partial charge in [0.05, 0.1) is 18.3 Å². The summed E-state index contributed by atoms with van der Waals surface area (Å²) in [7, 11) is 0. The van der Waals surface area contributed by atoms with Crippen LogP contribution in [0.5, 0.6) is 5.75 Å². The van der Waals surface area contributed by atoms with E-state index in [1.165, 1.54) is 11.8 Å². The second-order valence-corrected chi connectivity index (χ2v) is 8.02. The highest BCUT2D eigenvalue weighted by atomic mass is 79.9. The van der Waals surface area contributed by atoms with Crippen molar-refractivity contribution in [1.82, 2.24) is 0 Å². The van der Waals surface area contributed by atoms with Gasteiger partial charge in [-0.2, -0.15) is 0 Å². The molecule has 0 aliphatic carbocycles. The largest absolute Gasteiger partial charge is 0.491 e. The number of hydrogen-bond acceptors (Lipinski definition) is 4. The standard InChI is InChI=1S/C21H22BrNO4/c1-13(2)27-17-7-4-15(5-8-17)12-23-19-9-6-16(22)10-18(19)21(26,20(23)25)11-14(3)24/h4-10,13,26H,11-12H2,1-3H3/t21-/m0/s1. The van der Waals surface area contributed by atoms with Gasteiger partial charge in [-0.25, -0.2) is 0 Å². The van der Waals surface area contributed by atoms with Gasteiger partial charge in [0, 0.05) is 16.5 Å². The third-order valence-corrected chi connectivity index (χ3v) is 4.93. The summed E-state index contributed by atoms with van der Waals surface area (Å²) in [5.74, 6) is 0.0426. The number of Topliss-reactive ketones (excluding diaryl/α,β-unsaturated/α-hetero) is 1. The first kappa shape index (κ1) is 19.6. The summed E-state index contributed by atoms with van der Waals surface area (Å²) in [6, 6.07) is 12.8. The summed E-state index contributed by atoms with van der Waals surface area (Å²) in [5, 5.41) is 11.0. The number of fused-ring (bicyclic) bond motifs is 1. The number of ether oxygens (including phenoxy) is 1. The van der Waals surface area contributed by atoms with Crippen molar-refractivity contribution in [2.75, 3.05) is 4.90 Å². The Morgan fingerprint density at radius 3 is 2.48 bits per heavy atom. The fraction of sp³-hybridized carbons (Fsp3) is 0.333. The number of amides is 1. The number of carbonyl (C=O) groups excluding carboxylic acids is 2. The molecule has 1 aliphatic rings. The van der Waals surface area contributed by atoms with E-state index in [4.69, 9.17) is 4.74 Å². The second-order valence-electron chi connectivity index (χ2n) is 7.10. The minimum atomic E-state index is -1.83. The smallest absolute Gasteiger partial charge is 0.264 e. The van der Waals surface area contributed by atoms with Crippen LogP contribution in [0.2, 0.25) is 0 Å². The number of halogens is 1. The summed E-state index contributed by atoms with van der Waals surface area (Å²) < 4.78 is 6.39. The van der Waals surface area contributed by atoms with Gasteiger partial charge in [-0.1, -0.05) is 28.1 Å². The molecule has 1 N–H and O–H groups in total. The van der Waals surface area contributed by atoms with Gasteiger partial charge in [-0.3, -0.25) is 9.59 Å². The van der Waals surface area contributed by atoms with Crippen molar-refractivity contribution in [1.29, 1.82) is 0 Å². The van der Waals surface area contributed by atoms with Crippen molar-refractivity contribution in [3.63, 3.8) is 0 Å². The monoisotopic (exact) mass is 431 g/mol. The van der Waals surface area contributed by atoms with E-state index >= 15 is 0 Å². The summed E-state index contributed by atoms with van der Waals surface area (Å²) in [6.07, 6.45) is -0.157. The number of rotatable bonds is 6. The summed E-state index contributed by atoms with van der Waals surface area (Å²) >= 11 is 3.38. The van der Waals surface area contributed by atoms with Crippen molar-refractivity contribution < 1.29 is 19.4 Å². The van der Waals surface area contributed by atoms with Crippen molar-refractivity contribution in [3.05, 3.63) is 58.1 Å². The molecule has 0 fully saturated rings. The number of benzene rings is 2. The lowest BCUT2D eigenvalue weighted by molar-refractivity contribution is -0.141. The lowest BCUT2D eigenvalue weighted by Crippen LogP contribution is -2.41. The predicted octanol–water partition coefficient (Wildman–Crippen LogP) is 3.95. The number of anilines is 1. The first-order chi connectivity index (χ1) is 12.7. The molecule has 0 saturated carbocycles. The zero-order valence-electron chi connectivity index (χ0n) is 15.5. The molecule has 1 amide bonds. The van der Waals surface area contributed by atoms with Gasteiger partial charge in [0.15, 0.2) is 5.60 Å². The topological polar surface area (TPSA) is 66.8 Å². The van der Waals surface area contributed by atoms with Crippen LogP contribution >= 0.6 is 15.9 Å². The third kappa shape index (κ3) is 3.92. The molecule has 1 atom stereocenters. The number of hydrogen-bond donors (Lipinski definition) is 1. The molecule has 6 heteroatoms. The average molecular weight is 432 g/mol. The minimum Gasteiger partial charge on any atom is -0.491 e. The van der Waals surface area contributed by atoms with Crippen LogP contribution in [0.15, 0.2) is 46.9 Å². The fourth-order valence-corrected chi connectivity index (χ4v) is 3.70.